The summed E-state index contributed by atoms with van der Waals surface area (Å²) in [7, 11) is 0. The fourth-order valence-corrected chi connectivity index (χ4v) is 1.84. The Kier molecular flexibility index (Phi) is 6.36. The number of imidazole rings is 1. The predicted octanol–water partition coefficient (Wildman–Crippen LogP) is 2.09. The van der Waals surface area contributed by atoms with Gasteiger partial charge in [0.05, 0.1) is 18.3 Å². The highest BCUT2D eigenvalue weighted by Crippen LogP contribution is 2.12. The Balaban J connectivity index is 2.75. The van der Waals surface area contributed by atoms with Gasteiger partial charge in [0.2, 0.25) is 0 Å². The lowest BCUT2D eigenvalue weighted by Gasteiger charge is -2.23. The second kappa shape index (κ2) is 7.65. The second-order valence-corrected chi connectivity index (χ2v) is 7.47. The van der Waals surface area contributed by atoms with Crippen LogP contribution >= 0.6 is 0 Å². The Morgan fingerprint density at radius 1 is 1.21 bits per heavy atom. The van der Waals surface area contributed by atoms with Gasteiger partial charge in [-0.1, -0.05) is 0 Å². The van der Waals surface area contributed by atoms with E-state index in [0.29, 0.717) is 5.69 Å². The second-order valence-electron chi connectivity index (χ2n) is 7.47. The number of rotatable bonds is 4. The zero-order valence-electron chi connectivity index (χ0n) is 15.1. The van der Waals surface area contributed by atoms with Crippen molar-refractivity contribution in [2.45, 2.75) is 65.2 Å². The van der Waals surface area contributed by atoms with E-state index < -0.39 is 29.4 Å². The van der Waals surface area contributed by atoms with E-state index in [2.05, 4.69) is 10.3 Å². The molecule has 1 aromatic heterocycles. The Morgan fingerprint density at radius 2 is 1.79 bits per heavy atom. The molecule has 0 saturated heterocycles. The van der Waals surface area contributed by atoms with Crippen LogP contribution in [0.15, 0.2) is 12.5 Å². The number of aromatic nitrogens is 2. The van der Waals surface area contributed by atoms with Gasteiger partial charge in [0.25, 0.3) is 0 Å². The minimum absolute atomic E-state index is 0.203. The Bertz CT molecular complexity index is 569. The molecule has 0 aromatic carbocycles. The number of nitrogens with zero attached hydrogens (tertiary/aromatic N) is 2. The third-order valence-corrected chi connectivity index (χ3v) is 2.70. The summed E-state index contributed by atoms with van der Waals surface area (Å²) in [6, 6.07) is -0.613. The molecule has 0 aliphatic heterocycles. The Hall–Kier alpha value is -2.09. The number of ether oxygens (including phenoxy) is 2. The summed E-state index contributed by atoms with van der Waals surface area (Å²) < 4.78 is 11.7. The quantitative estimate of drug-likeness (QED) is 0.869. The average Bonchev–Trinajstić information content (AvgIpc) is 2.81. The van der Waals surface area contributed by atoms with Crippen molar-refractivity contribution in [3.63, 3.8) is 0 Å². The largest absolute Gasteiger partial charge is 0.444 e. The van der Waals surface area contributed by atoms with Crippen molar-refractivity contribution in [3.05, 3.63) is 18.2 Å². The van der Waals surface area contributed by atoms with Gasteiger partial charge < -0.3 is 19.9 Å². The van der Waals surface area contributed by atoms with Crippen LogP contribution < -0.4 is 5.32 Å². The number of amides is 1. The summed E-state index contributed by atoms with van der Waals surface area (Å²) in [6.07, 6.45) is 1.83. The van der Waals surface area contributed by atoms with E-state index in [-0.39, 0.29) is 13.0 Å². The monoisotopic (exact) mass is 341 g/mol. The van der Waals surface area contributed by atoms with Gasteiger partial charge >= 0.3 is 12.2 Å². The van der Waals surface area contributed by atoms with Crippen LogP contribution in [0.1, 0.15) is 47.2 Å². The topological polar surface area (TPSA) is 103 Å². The molecule has 0 radical (unpaired) electrons. The van der Waals surface area contributed by atoms with Gasteiger partial charge in [-0.2, -0.15) is 0 Å². The number of nitrogens with one attached hydrogen (secondary N) is 1. The highest BCUT2D eigenvalue weighted by Gasteiger charge is 2.23. The maximum Gasteiger partial charge on any atom is 0.420 e. The SMILES string of the molecule is CC(C)(C)OC(=O)N[C@H](CO)Cc1cncn1C(=O)OC(C)(C)C. The van der Waals surface area contributed by atoms with Crippen molar-refractivity contribution in [3.8, 4) is 0 Å². The smallest absolute Gasteiger partial charge is 0.420 e. The number of carbonyl (C=O) groups is 2. The van der Waals surface area contributed by atoms with E-state index >= 15 is 0 Å². The molecule has 0 bridgehead atoms. The van der Waals surface area contributed by atoms with Crippen molar-refractivity contribution in [2.75, 3.05) is 6.61 Å². The first-order valence-electron chi connectivity index (χ1n) is 7.76. The van der Waals surface area contributed by atoms with Gasteiger partial charge in [0.15, 0.2) is 0 Å². The Labute approximate surface area is 142 Å². The third-order valence-electron chi connectivity index (χ3n) is 2.70. The maximum absolute atomic E-state index is 12.1. The van der Waals surface area contributed by atoms with Gasteiger partial charge in [-0.15, -0.1) is 0 Å². The molecular weight excluding hydrogens is 314 g/mol. The molecular formula is C16H27N3O5. The summed E-state index contributed by atoms with van der Waals surface area (Å²) in [5, 5.41) is 12.0. The van der Waals surface area contributed by atoms with E-state index in [1.54, 1.807) is 41.5 Å². The normalized spacial score (nSPS) is 13.3. The van der Waals surface area contributed by atoms with E-state index in [1.807, 2.05) is 0 Å². The molecule has 8 heteroatoms. The molecule has 1 rings (SSSR count). The molecule has 1 aromatic rings. The number of hydrogen-bond donors (Lipinski definition) is 2. The summed E-state index contributed by atoms with van der Waals surface area (Å²) in [6.45, 7) is 10.2. The van der Waals surface area contributed by atoms with Crippen LogP contribution in [0.2, 0.25) is 0 Å². The van der Waals surface area contributed by atoms with Gasteiger partial charge in [-0.25, -0.2) is 19.1 Å². The molecule has 0 aliphatic carbocycles. The number of hydrogen-bond acceptors (Lipinski definition) is 6. The molecule has 24 heavy (non-hydrogen) atoms. The van der Waals surface area contributed by atoms with Crippen LogP contribution in [-0.2, 0) is 15.9 Å². The van der Waals surface area contributed by atoms with Crippen LogP contribution in [-0.4, -0.2) is 50.7 Å². The third kappa shape index (κ3) is 6.99. The molecule has 0 unspecified atom stereocenters. The lowest BCUT2D eigenvalue weighted by Crippen LogP contribution is -2.42. The van der Waals surface area contributed by atoms with Crippen LogP contribution in [0.25, 0.3) is 0 Å². The van der Waals surface area contributed by atoms with Crippen molar-refractivity contribution >= 4 is 12.2 Å². The zero-order valence-corrected chi connectivity index (χ0v) is 15.1. The number of alkyl carbamates (subject to hydrolysis) is 1. The molecule has 1 heterocycles. The van der Waals surface area contributed by atoms with Crippen molar-refractivity contribution < 1.29 is 24.2 Å². The van der Waals surface area contributed by atoms with Gasteiger partial charge in [-0.05, 0) is 41.5 Å². The maximum atomic E-state index is 12.1. The van der Waals surface area contributed by atoms with Gasteiger partial charge in [-0.3, -0.25) is 0 Å². The molecule has 0 saturated carbocycles. The molecule has 0 fully saturated rings. The first-order valence-corrected chi connectivity index (χ1v) is 7.76. The molecule has 8 nitrogen and oxygen atoms in total. The molecule has 0 spiro atoms. The fourth-order valence-electron chi connectivity index (χ4n) is 1.84. The summed E-state index contributed by atoms with van der Waals surface area (Å²) in [5.41, 5.74) is -0.758. The summed E-state index contributed by atoms with van der Waals surface area (Å²) >= 11 is 0. The standard InChI is InChI=1S/C16H27N3O5/c1-15(2,3)23-13(21)18-11(9-20)7-12-8-17-10-19(12)14(22)24-16(4,5)6/h8,10-11,20H,7,9H2,1-6H3,(H,18,21)/t11-/m0/s1. The number of aliphatic hydroxyl groups excluding tert-OH is 1. The van der Waals surface area contributed by atoms with Crippen LogP contribution in [0.5, 0.6) is 0 Å². The molecule has 1 amide bonds. The highest BCUT2D eigenvalue weighted by molar-refractivity contribution is 5.71. The molecule has 2 N–H and O–H groups in total. The van der Waals surface area contributed by atoms with Crippen molar-refractivity contribution in [1.29, 1.82) is 0 Å². The zero-order chi connectivity index (χ0) is 18.5. The van der Waals surface area contributed by atoms with E-state index in [4.69, 9.17) is 9.47 Å². The van der Waals surface area contributed by atoms with E-state index in [9.17, 15) is 14.7 Å². The molecule has 1 atom stereocenters. The molecule has 0 aliphatic rings. The van der Waals surface area contributed by atoms with Gasteiger partial charge in [0.1, 0.15) is 17.5 Å². The predicted molar refractivity (Wildman–Crippen MR) is 87.8 cm³/mol. The van der Waals surface area contributed by atoms with Crippen LogP contribution in [0.4, 0.5) is 9.59 Å². The first kappa shape index (κ1) is 20.0. The van der Waals surface area contributed by atoms with Crippen molar-refractivity contribution in [2.24, 2.45) is 0 Å². The average molecular weight is 341 g/mol. The van der Waals surface area contributed by atoms with Gasteiger partial charge in [0, 0.05) is 12.6 Å². The lowest BCUT2D eigenvalue weighted by molar-refractivity contribution is 0.0482. The minimum atomic E-state index is -0.637. The van der Waals surface area contributed by atoms with E-state index in [0.717, 1.165) is 0 Å². The minimum Gasteiger partial charge on any atom is -0.444 e. The lowest BCUT2D eigenvalue weighted by atomic mass is 10.1. The number of aliphatic hydroxyl groups is 1. The number of carbonyl (C=O) groups excluding carboxylic acids is 2. The van der Waals surface area contributed by atoms with Crippen molar-refractivity contribution in [1.82, 2.24) is 14.9 Å². The Morgan fingerprint density at radius 3 is 2.29 bits per heavy atom. The van der Waals surface area contributed by atoms with E-state index in [1.165, 1.54) is 17.1 Å². The first-order chi connectivity index (χ1) is 10.9. The fraction of sp³-hybridized carbons (Fsp3) is 0.688. The van der Waals surface area contributed by atoms with Crippen LogP contribution in [0.3, 0.4) is 0 Å². The van der Waals surface area contributed by atoms with Crippen LogP contribution in [0, 0.1) is 0 Å². The molecule has 136 valence electrons. The summed E-state index contributed by atoms with van der Waals surface area (Å²) in [5.74, 6) is 0. The summed E-state index contributed by atoms with van der Waals surface area (Å²) in [4.78, 5) is 27.9. The highest BCUT2D eigenvalue weighted by atomic mass is 16.6.